The standard InChI is InChI=1S/C20H20N4O2.ClH/c1-23-17-7-3-2-6-15(17)16(11-19(23)25)20(26)24-10-9-22-13-18(24)14-5-4-8-21-12-14;/h2-8,11-12,18,22H,9-10,13H2,1H3;1H. The summed E-state index contributed by atoms with van der Waals surface area (Å²) in [5.74, 6) is -0.116. The Hall–Kier alpha value is -2.70. The van der Waals surface area contributed by atoms with Gasteiger partial charge < -0.3 is 14.8 Å². The van der Waals surface area contributed by atoms with E-state index in [1.165, 1.54) is 6.07 Å². The van der Waals surface area contributed by atoms with Crippen molar-refractivity contribution in [1.82, 2.24) is 19.8 Å². The molecule has 7 heteroatoms. The van der Waals surface area contributed by atoms with Crippen LogP contribution < -0.4 is 10.9 Å². The molecule has 1 unspecified atom stereocenters. The average Bonchev–Trinajstić information content (AvgIpc) is 2.71. The third kappa shape index (κ3) is 3.46. The third-order valence-electron chi connectivity index (χ3n) is 4.96. The van der Waals surface area contributed by atoms with Gasteiger partial charge in [-0.3, -0.25) is 14.6 Å². The lowest BCUT2D eigenvalue weighted by Crippen LogP contribution is -2.49. The molecule has 1 aliphatic heterocycles. The van der Waals surface area contributed by atoms with Gasteiger partial charge in [0.2, 0.25) is 0 Å². The third-order valence-corrected chi connectivity index (χ3v) is 4.96. The first kappa shape index (κ1) is 19.1. The summed E-state index contributed by atoms with van der Waals surface area (Å²) in [5.41, 5.74) is 2.03. The Morgan fingerprint density at radius 2 is 2.04 bits per heavy atom. The van der Waals surface area contributed by atoms with Crippen LogP contribution in [0.5, 0.6) is 0 Å². The van der Waals surface area contributed by atoms with Crippen LogP contribution in [0.4, 0.5) is 0 Å². The zero-order valence-corrected chi connectivity index (χ0v) is 15.8. The first-order chi connectivity index (χ1) is 12.7. The molecule has 2 aromatic heterocycles. The van der Waals surface area contributed by atoms with Gasteiger partial charge in [-0.25, -0.2) is 0 Å². The van der Waals surface area contributed by atoms with Gasteiger partial charge in [-0.05, 0) is 17.7 Å². The first-order valence-corrected chi connectivity index (χ1v) is 8.67. The fraction of sp³-hybridized carbons (Fsp3) is 0.250. The zero-order chi connectivity index (χ0) is 18.1. The number of pyridine rings is 2. The highest BCUT2D eigenvalue weighted by molar-refractivity contribution is 6.06. The Balaban J connectivity index is 0.00000210. The lowest BCUT2D eigenvalue weighted by molar-refractivity contribution is 0.0636. The number of nitrogens with one attached hydrogen (secondary N) is 1. The molecule has 0 bridgehead atoms. The summed E-state index contributed by atoms with van der Waals surface area (Å²) in [6.07, 6.45) is 3.51. The second-order valence-electron chi connectivity index (χ2n) is 6.48. The number of amides is 1. The number of halogens is 1. The van der Waals surface area contributed by atoms with E-state index in [2.05, 4.69) is 10.3 Å². The number of hydrogen-bond donors (Lipinski definition) is 1. The molecular weight excluding hydrogens is 364 g/mol. The molecule has 0 aliphatic carbocycles. The number of piperazine rings is 1. The van der Waals surface area contributed by atoms with E-state index in [-0.39, 0.29) is 29.9 Å². The number of aryl methyl sites for hydroxylation is 1. The van der Waals surface area contributed by atoms with E-state index in [9.17, 15) is 9.59 Å². The van der Waals surface area contributed by atoms with Crippen molar-refractivity contribution in [3.05, 3.63) is 76.3 Å². The SMILES string of the molecule is Cl.Cn1c(=O)cc(C(=O)N2CCNCC2c2cccnc2)c2ccccc21. The minimum absolute atomic E-state index is 0. The maximum atomic E-state index is 13.4. The van der Waals surface area contributed by atoms with Crippen LogP contribution in [0.25, 0.3) is 10.9 Å². The molecule has 3 heterocycles. The van der Waals surface area contributed by atoms with Gasteiger partial charge in [0.15, 0.2) is 0 Å². The zero-order valence-electron chi connectivity index (χ0n) is 15.0. The van der Waals surface area contributed by atoms with Gasteiger partial charge in [-0.1, -0.05) is 24.3 Å². The topological polar surface area (TPSA) is 67.2 Å². The summed E-state index contributed by atoms with van der Waals surface area (Å²) in [6.45, 7) is 1.98. The van der Waals surface area contributed by atoms with Crippen LogP contribution in [0.1, 0.15) is 22.0 Å². The first-order valence-electron chi connectivity index (χ1n) is 8.67. The van der Waals surface area contributed by atoms with Gasteiger partial charge in [-0.15, -0.1) is 12.4 Å². The van der Waals surface area contributed by atoms with E-state index < -0.39 is 0 Å². The van der Waals surface area contributed by atoms with E-state index in [0.29, 0.717) is 18.7 Å². The van der Waals surface area contributed by atoms with E-state index in [1.54, 1.807) is 24.0 Å². The molecule has 140 valence electrons. The van der Waals surface area contributed by atoms with Crippen LogP contribution in [-0.2, 0) is 7.05 Å². The second-order valence-corrected chi connectivity index (χ2v) is 6.48. The highest BCUT2D eigenvalue weighted by Gasteiger charge is 2.30. The molecular formula is C20H21ClN4O2. The van der Waals surface area contributed by atoms with Crippen molar-refractivity contribution in [3.63, 3.8) is 0 Å². The number of benzene rings is 1. The highest BCUT2D eigenvalue weighted by atomic mass is 35.5. The molecule has 3 aromatic rings. The second kappa shape index (κ2) is 7.90. The lowest BCUT2D eigenvalue weighted by atomic mass is 10.0. The number of fused-ring (bicyclic) bond motifs is 1. The predicted molar refractivity (Wildman–Crippen MR) is 107 cm³/mol. The van der Waals surface area contributed by atoms with Crippen LogP contribution in [0.15, 0.2) is 59.7 Å². The van der Waals surface area contributed by atoms with Gasteiger partial charge in [0.05, 0.1) is 17.1 Å². The van der Waals surface area contributed by atoms with Gasteiger partial charge in [0, 0.05) is 50.5 Å². The van der Waals surface area contributed by atoms with Crippen LogP contribution in [0.2, 0.25) is 0 Å². The van der Waals surface area contributed by atoms with Crippen LogP contribution >= 0.6 is 12.4 Å². The Morgan fingerprint density at radius 1 is 1.22 bits per heavy atom. The lowest BCUT2D eigenvalue weighted by Gasteiger charge is -2.36. The number of carbonyl (C=O) groups is 1. The summed E-state index contributed by atoms with van der Waals surface area (Å²) in [5, 5.41) is 4.13. The van der Waals surface area contributed by atoms with Crippen LogP contribution in [-0.4, -0.2) is 40.0 Å². The Bertz CT molecular complexity index is 1020. The molecule has 27 heavy (non-hydrogen) atoms. The summed E-state index contributed by atoms with van der Waals surface area (Å²) in [6, 6.07) is 12.7. The average molecular weight is 385 g/mol. The maximum Gasteiger partial charge on any atom is 0.255 e. The van der Waals surface area contributed by atoms with Crippen molar-refractivity contribution in [2.75, 3.05) is 19.6 Å². The Labute approximate surface area is 163 Å². The summed E-state index contributed by atoms with van der Waals surface area (Å²) >= 11 is 0. The summed E-state index contributed by atoms with van der Waals surface area (Å²) in [4.78, 5) is 31.8. The predicted octanol–water partition coefficient (Wildman–Crippen LogP) is 2.14. The maximum absolute atomic E-state index is 13.4. The molecule has 1 amide bonds. The number of para-hydroxylation sites is 1. The van der Waals surface area contributed by atoms with Gasteiger partial charge >= 0.3 is 0 Å². The smallest absolute Gasteiger partial charge is 0.255 e. The number of hydrogen-bond acceptors (Lipinski definition) is 4. The van der Waals surface area contributed by atoms with E-state index >= 15 is 0 Å². The molecule has 4 rings (SSSR count). The minimum atomic E-state index is -0.180. The normalized spacial score (nSPS) is 16.8. The molecule has 1 fully saturated rings. The van der Waals surface area contributed by atoms with Crippen molar-refractivity contribution >= 4 is 29.2 Å². The highest BCUT2D eigenvalue weighted by Crippen LogP contribution is 2.26. The largest absolute Gasteiger partial charge is 0.329 e. The van der Waals surface area contributed by atoms with Crippen molar-refractivity contribution in [1.29, 1.82) is 0 Å². The molecule has 1 aromatic carbocycles. The van der Waals surface area contributed by atoms with Gasteiger partial charge in [-0.2, -0.15) is 0 Å². The van der Waals surface area contributed by atoms with Gasteiger partial charge in [0.25, 0.3) is 11.5 Å². The quantitative estimate of drug-likeness (QED) is 0.735. The Morgan fingerprint density at radius 3 is 2.81 bits per heavy atom. The molecule has 0 radical (unpaired) electrons. The number of rotatable bonds is 2. The molecule has 1 atom stereocenters. The molecule has 0 spiro atoms. The monoisotopic (exact) mass is 384 g/mol. The molecule has 1 aliphatic rings. The fourth-order valence-electron chi connectivity index (χ4n) is 3.56. The molecule has 1 N–H and O–H groups in total. The van der Waals surface area contributed by atoms with E-state index in [1.807, 2.05) is 41.3 Å². The molecule has 0 saturated carbocycles. The van der Waals surface area contributed by atoms with Crippen molar-refractivity contribution < 1.29 is 4.79 Å². The summed E-state index contributed by atoms with van der Waals surface area (Å²) < 4.78 is 1.57. The van der Waals surface area contributed by atoms with Crippen molar-refractivity contribution in [2.24, 2.45) is 7.05 Å². The van der Waals surface area contributed by atoms with Crippen LogP contribution in [0, 0.1) is 0 Å². The number of nitrogens with zero attached hydrogens (tertiary/aromatic N) is 3. The van der Waals surface area contributed by atoms with Gasteiger partial charge in [0.1, 0.15) is 0 Å². The molecule has 6 nitrogen and oxygen atoms in total. The van der Waals surface area contributed by atoms with Crippen LogP contribution in [0.3, 0.4) is 0 Å². The van der Waals surface area contributed by atoms with E-state index in [4.69, 9.17) is 0 Å². The van der Waals surface area contributed by atoms with Crippen molar-refractivity contribution in [3.8, 4) is 0 Å². The van der Waals surface area contributed by atoms with E-state index in [0.717, 1.165) is 23.0 Å². The van der Waals surface area contributed by atoms with Crippen molar-refractivity contribution in [2.45, 2.75) is 6.04 Å². The molecule has 1 saturated heterocycles. The minimum Gasteiger partial charge on any atom is -0.329 e. The summed E-state index contributed by atoms with van der Waals surface area (Å²) in [7, 11) is 1.72. The Kier molecular flexibility index (Phi) is 5.58. The number of carbonyl (C=O) groups excluding carboxylic acids is 1. The number of aromatic nitrogens is 2. The fourth-order valence-corrected chi connectivity index (χ4v) is 3.56.